The molecule has 0 N–H and O–H groups in total. The summed E-state index contributed by atoms with van der Waals surface area (Å²) in [7, 11) is 0. The molecule has 0 saturated carbocycles. The first kappa shape index (κ1) is 52.8. The fourth-order valence-corrected chi connectivity index (χ4v) is 17.2. The van der Waals surface area contributed by atoms with Crippen LogP contribution in [-0.2, 0) is 37.9 Å². The summed E-state index contributed by atoms with van der Waals surface area (Å²) in [5.74, 6) is 0. The Bertz CT molecular complexity index is 4350. The average molecular weight is 1110 g/mol. The van der Waals surface area contributed by atoms with Gasteiger partial charge in [-0.1, -0.05) is 165 Å². The molecule has 10 aromatic rings. The van der Waals surface area contributed by atoms with Crippen molar-refractivity contribution in [3.8, 4) is 0 Å². The van der Waals surface area contributed by atoms with Gasteiger partial charge in [0.15, 0.2) is 0 Å². The minimum atomic E-state index is -0.100. The van der Waals surface area contributed by atoms with Crippen LogP contribution >= 0.6 is 11.3 Å². The molecule has 2 aromatic heterocycles. The number of para-hydroxylation sites is 2. The van der Waals surface area contributed by atoms with Crippen LogP contribution in [0.5, 0.6) is 0 Å². The molecule has 5 heterocycles. The van der Waals surface area contributed by atoms with Crippen molar-refractivity contribution < 1.29 is 4.42 Å². The predicted molar refractivity (Wildman–Crippen MR) is 358 cm³/mol. The zero-order valence-corrected chi connectivity index (χ0v) is 52.5. The Morgan fingerprint density at radius 2 is 1.08 bits per heavy atom. The lowest BCUT2D eigenvalue weighted by Crippen LogP contribution is -2.60. The lowest BCUT2D eigenvalue weighted by atomic mass is 9.36. The van der Waals surface area contributed by atoms with Crippen molar-refractivity contribution in [2.75, 3.05) is 14.7 Å². The molecule has 8 aromatic carbocycles. The molecule has 0 amide bonds. The van der Waals surface area contributed by atoms with E-state index in [9.17, 15) is 0 Å². The van der Waals surface area contributed by atoms with E-state index in [-0.39, 0.29) is 44.6 Å². The first-order valence-electron chi connectivity index (χ1n) is 30.8. The number of nitrogens with zero attached hydrogens (tertiary/aromatic N) is 3. The highest BCUT2D eigenvalue weighted by molar-refractivity contribution is 7.33. The summed E-state index contributed by atoms with van der Waals surface area (Å²) < 4.78 is 9.57. The van der Waals surface area contributed by atoms with Crippen molar-refractivity contribution in [3.63, 3.8) is 0 Å². The minimum absolute atomic E-state index is 0.00534. The van der Waals surface area contributed by atoms with Crippen molar-refractivity contribution in [2.24, 2.45) is 0 Å². The number of rotatable bonds is 4. The van der Waals surface area contributed by atoms with E-state index in [1.54, 1.807) is 11.1 Å². The predicted octanol–water partition coefficient (Wildman–Crippen LogP) is 20.3. The van der Waals surface area contributed by atoms with Crippen molar-refractivity contribution >= 4 is 117 Å². The smallest absolute Gasteiger partial charge is 0.264 e. The maximum atomic E-state index is 6.75. The Morgan fingerprint density at radius 1 is 0.458 bits per heavy atom. The van der Waals surface area contributed by atoms with Gasteiger partial charge in [-0.25, -0.2) is 0 Å². The van der Waals surface area contributed by atoms with Gasteiger partial charge in [0.05, 0.1) is 11.4 Å². The van der Waals surface area contributed by atoms with E-state index in [1.165, 1.54) is 113 Å². The molecule has 2 atom stereocenters. The summed E-state index contributed by atoms with van der Waals surface area (Å²) in [4.78, 5) is 7.96. The van der Waals surface area contributed by atoms with Gasteiger partial charge in [-0.3, -0.25) is 0 Å². The van der Waals surface area contributed by atoms with Gasteiger partial charge >= 0.3 is 0 Å². The Balaban J connectivity index is 1.12. The van der Waals surface area contributed by atoms with Crippen molar-refractivity contribution in [1.82, 2.24) is 0 Å². The first-order chi connectivity index (χ1) is 39.2. The number of benzene rings is 8. The molecule has 0 saturated heterocycles. The van der Waals surface area contributed by atoms with E-state index in [0.717, 1.165) is 45.4 Å². The number of furan rings is 1. The number of thiophene rings is 1. The molecule has 2 aliphatic carbocycles. The highest BCUT2D eigenvalue weighted by atomic mass is 32.1. The third-order valence-corrected chi connectivity index (χ3v) is 22.1. The second kappa shape index (κ2) is 17.3. The quantitative estimate of drug-likeness (QED) is 0.164. The molecule has 418 valence electrons. The van der Waals surface area contributed by atoms with Gasteiger partial charge in [-0.2, -0.15) is 0 Å². The van der Waals surface area contributed by atoms with Gasteiger partial charge in [-0.15, -0.1) is 11.3 Å². The topological polar surface area (TPSA) is 22.9 Å². The maximum Gasteiger partial charge on any atom is 0.264 e. The van der Waals surface area contributed by atoms with Crippen LogP contribution in [0.15, 0.2) is 156 Å². The van der Waals surface area contributed by atoms with Crippen LogP contribution in [0.2, 0.25) is 0 Å². The zero-order valence-electron chi connectivity index (χ0n) is 51.7. The third kappa shape index (κ3) is 7.89. The molecular weight excluding hydrogens is 1030 g/mol. The number of hydrogen-bond acceptors (Lipinski definition) is 5. The van der Waals surface area contributed by atoms with Crippen LogP contribution in [0.25, 0.3) is 32.0 Å². The van der Waals surface area contributed by atoms with Crippen LogP contribution < -0.4 is 30.4 Å². The molecule has 6 heteroatoms. The van der Waals surface area contributed by atoms with Gasteiger partial charge in [0.25, 0.3) is 6.71 Å². The van der Waals surface area contributed by atoms with Gasteiger partial charge in [0.1, 0.15) is 11.2 Å². The molecule has 83 heavy (non-hydrogen) atoms. The summed E-state index contributed by atoms with van der Waals surface area (Å²) in [5.41, 5.74) is 25.2. The molecule has 0 radical (unpaired) electrons. The number of hydrogen-bond donors (Lipinski definition) is 0. The standard InChI is InChI=1S/C77H80BN3OS/c1-71(2,3)46-25-30-61-62(38-46)80(52-36-47(72(4,5)6)35-48(37-52)73(7,8)9)63-40-53(79(49-21-17-16-18-22-49)51-26-28-55-54-23-19-20-24-65(54)82-66(55)42-51)41-64-68(63)78(61)70-69-56-43-60-58(44-67(56)83-70)75(12,13)32-34-77(60,15)45-76(14)33-31-74(10,11)57-29-27-50(81(64)69)39-59(57)76/h16-30,35-44H,31-34,45H2,1-15H3. The minimum Gasteiger partial charge on any atom is -0.456 e. The van der Waals surface area contributed by atoms with Crippen molar-refractivity contribution in [2.45, 2.75) is 174 Å². The summed E-state index contributed by atoms with van der Waals surface area (Å²) >= 11 is 2.06. The number of anilines is 9. The van der Waals surface area contributed by atoms with E-state index < -0.39 is 0 Å². The second-order valence-electron chi connectivity index (χ2n) is 30.7. The summed E-state index contributed by atoms with van der Waals surface area (Å²) in [6.07, 6.45) is 5.84. The third-order valence-electron chi connectivity index (χ3n) is 20.9. The highest BCUT2D eigenvalue weighted by Crippen LogP contribution is 2.60. The van der Waals surface area contributed by atoms with E-state index in [4.69, 9.17) is 4.42 Å². The molecule has 0 fully saturated rings. The van der Waals surface area contributed by atoms with Crippen LogP contribution in [0.3, 0.4) is 0 Å². The Morgan fingerprint density at radius 3 is 1.77 bits per heavy atom. The van der Waals surface area contributed by atoms with Crippen LogP contribution in [0, 0.1) is 0 Å². The first-order valence-corrected chi connectivity index (χ1v) is 31.6. The molecule has 4 nitrogen and oxygen atoms in total. The number of fused-ring (bicyclic) bond motifs is 9. The summed E-state index contributed by atoms with van der Waals surface area (Å²) in [5, 5.41) is 3.64. The monoisotopic (exact) mass is 1110 g/mol. The van der Waals surface area contributed by atoms with Crippen LogP contribution in [0.1, 0.15) is 175 Å². The summed E-state index contributed by atoms with van der Waals surface area (Å²) in [6, 6.07) is 59.7. The van der Waals surface area contributed by atoms with Gasteiger partial charge in [0.2, 0.25) is 0 Å². The van der Waals surface area contributed by atoms with E-state index in [2.05, 4.69) is 282 Å². The molecule has 4 bridgehead atoms. The fourth-order valence-electron chi connectivity index (χ4n) is 15.9. The largest absolute Gasteiger partial charge is 0.456 e. The molecule has 5 aliphatic rings. The molecule has 2 unspecified atom stereocenters. The van der Waals surface area contributed by atoms with E-state index in [1.807, 2.05) is 0 Å². The Hall–Kier alpha value is -7.02. The Labute approximate surface area is 497 Å². The van der Waals surface area contributed by atoms with Crippen molar-refractivity contribution in [3.05, 3.63) is 191 Å². The molecule has 15 rings (SSSR count). The normalized spacial score (nSPS) is 20.2. The highest BCUT2D eigenvalue weighted by Gasteiger charge is 2.51. The summed E-state index contributed by atoms with van der Waals surface area (Å²) in [6.45, 7) is 36.6. The lowest BCUT2D eigenvalue weighted by Gasteiger charge is -2.51. The van der Waals surface area contributed by atoms with Gasteiger partial charge < -0.3 is 19.1 Å². The average Bonchev–Trinajstić information content (AvgIpc) is 1.81. The fraction of sp³-hybridized carbons (Fsp3) is 0.351. The van der Waals surface area contributed by atoms with Gasteiger partial charge in [-0.05, 0) is 205 Å². The van der Waals surface area contributed by atoms with Gasteiger partial charge in [0, 0.05) is 71.5 Å². The lowest BCUT2D eigenvalue weighted by molar-refractivity contribution is 0.208. The Kier molecular flexibility index (Phi) is 11.0. The van der Waals surface area contributed by atoms with E-state index >= 15 is 0 Å². The SMILES string of the molecule is CC(C)(C)c1cc(N2c3cc(C(C)(C)C)ccc3B3c4sc5cc6c7cc5c4N(c4ccc5c(c4)C(C)(CCC5(C)C)CC7(C)CCC6(C)C)c4cc(N(c5ccccc5)c5ccc6c(c5)oc5ccccc56)cc2c43)cc(C(C)(C)C)c1. The second-order valence-corrected chi connectivity index (χ2v) is 31.8. The molecular formula is C77H80BN3OS. The maximum absolute atomic E-state index is 6.75. The molecule has 3 aliphatic heterocycles. The molecule has 0 spiro atoms. The van der Waals surface area contributed by atoms with Crippen molar-refractivity contribution in [1.29, 1.82) is 0 Å². The van der Waals surface area contributed by atoms with E-state index in [0.29, 0.717) is 0 Å². The van der Waals surface area contributed by atoms with Crippen LogP contribution in [-0.4, -0.2) is 6.71 Å². The van der Waals surface area contributed by atoms with Crippen LogP contribution in [0.4, 0.5) is 51.2 Å². The zero-order chi connectivity index (χ0) is 57.9.